The minimum absolute atomic E-state index is 0.361. The van der Waals surface area contributed by atoms with Crippen LogP contribution in [0.5, 0.6) is 0 Å². The van der Waals surface area contributed by atoms with Crippen molar-refractivity contribution in [2.24, 2.45) is 11.7 Å². The van der Waals surface area contributed by atoms with Crippen LogP contribution in [0.4, 0.5) is 0 Å². The molecule has 1 fully saturated rings. The van der Waals surface area contributed by atoms with Crippen LogP contribution in [0.15, 0.2) is 0 Å². The number of carbonyl (C=O) groups is 1. The van der Waals surface area contributed by atoms with Crippen molar-refractivity contribution in [2.45, 2.75) is 51.9 Å². The maximum atomic E-state index is 11.8. The van der Waals surface area contributed by atoms with Gasteiger partial charge in [-0.25, -0.2) is 0 Å². The number of likely N-dealkylation sites (tertiary alicyclic amines) is 1. The molecule has 0 spiro atoms. The highest BCUT2D eigenvalue weighted by Crippen LogP contribution is 2.17. The van der Waals surface area contributed by atoms with E-state index in [4.69, 9.17) is 5.73 Å². The summed E-state index contributed by atoms with van der Waals surface area (Å²) in [7, 11) is 0. The molecule has 0 aromatic rings. The van der Waals surface area contributed by atoms with E-state index in [1.807, 2.05) is 4.90 Å². The molecule has 94 valence electrons. The Kier molecular flexibility index (Phi) is 6.46. The second-order valence-electron chi connectivity index (χ2n) is 5.02. The van der Waals surface area contributed by atoms with Gasteiger partial charge in [0.2, 0.25) is 5.91 Å². The maximum Gasteiger partial charge on any atom is 0.222 e. The molecule has 0 unspecified atom stereocenters. The van der Waals surface area contributed by atoms with Crippen LogP contribution in [-0.2, 0) is 4.79 Å². The Bertz CT molecular complexity index is 198. The van der Waals surface area contributed by atoms with E-state index in [-0.39, 0.29) is 0 Å². The summed E-state index contributed by atoms with van der Waals surface area (Å²) in [6.45, 7) is 5.00. The van der Waals surface area contributed by atoms with Gasteiger partial charge in [0.05, 0.1) is 0 Å². The summed E-state index contributed by atoms with van der Waals surface area (Å²) < 4.78 is 0. The van der Waals surface area contributed by atoms with Gasteiger partial charge >= 0.3 is 0 Å². The number of piperidine rings is 1. The molecule has 0 aromatic heterocycles. The highest BCUT2D eigenvalue weighted by atomic mass is 16.2. The minimum Gasteiger partial charge on any atom is -0.343 e. The summed E-state index contributed by atoms with van der Waals surface area (Å²) in [5.41, 5.74) is 5.43. The van der Waals surface area contributed by atoms with Crippen molar-refractivity contribution < 1.29 is 4.79 Å². The Labute approximate surface area is 99.4 Å². The van der Waals surface area contributed by atoms with Crippen molar-refractivity contribution in [2.75, 3.05) is 19.6 Å². The van der Waals surface area contributed by atoms with Crippen molar-refractivity contribution >= 4 is 5.91 Å². The van der Waals surface area contributed by atoms with Gasteiger partial charge in [0.25, 0.3) is 0 Å². The lowest BCUT2D eigenvalue weighted by atomic mass is 9.99. The first kappa shape index (κ1) is 13.5. The number of carbonyl (C=O) groups excluding carboxylic acids is 1. The molecule has 3 heteroatoms. The molecule has 3 nitrogen and oxygen atoms in total. The van der Waals surface area contributed by atoms with E-state index in [2.05, 4.69) is 6.92 Å². The Balaban J connectivity index is 2.06. The van der Waals surface area contributed by atoms with Crippen LogP contribution < -0.4 is 5.73 Å². The Morgan fingerprint density at radius 3 is 2.44 bits per heavy atom. The molecule has 0 aromatic carbocycles. The molecule has 1 aliphatic heterocycles. The molecule has 0 aliphatic carbocycles. The lowest BCUT2D eigenvalue weighted by Gasteiger charge is -2.30. The monoisotopic (exact) mass is 226 g/mol. The van der Waals surface area contributed by atoms with Gasteiger partial charge in [0.1, 0.15) is 0 Å². The van der Waals surface area contributed by atoms with E-state index in [0.717, 1.165) is 51.2 Å². The molecule has 1 rings (SSSR count). The number of amides is 1. The predicted octanol–water partition coefficient (Wildman–Crippen LogP) is 2.15. The lowest BCUT2D eigenvalue weighted by molar-refractivity contribution is -0.132. The molecule has 16 heavy (non-hydrogen) atoms. The summed E-state index contributed by atoms with van der Waals surface area (Å²) in [6.07, 6.45) is 7.53. The fourth-order valence-electron chi connectivity index (χ4n) is 2.19. The van der Waals surface area contributed by atoms with Gasteiger partial charge in [-0.15, -0.1) is 0 Å². The van der Waals surface area contributed by atoms with Gasteiger partial charge < -0.3 is 10.6 Å². The third kappa shape index (κ3) is 4.97. The molecule has 0 saturated carbocycles. The highest BCUT2D eigenvalue weighted by molar-refractivity contribution is 5.76. The van der Waals surface area contributed by atoms with E-state index in [9.17, 15) is 4.79 Å². The van der Waals surface area contributed by atoms with Crippen LogP contribution in [0.3, 0.4) is 0 Å². The quantitative estimate of drug-likeness (QED) is 0.705. The van der Waals surface area contributed by atoms with E-state index in [0.29, 0.717) is 5.91 Å². The number of unbranched alkanes of at least 4 members (excludes halogenated alkanes) is 3. The summed E-state index contributed by atoms with van der Waals surface area (Å²) in [6, 6.07) is 0. The highest BCUT2D eigenvalue weighted by Gasteiger charge is 2.19. The molecule has 2 N–H and O–H groups in total. The molecule has 1 amide bonds. The molecule has 1 aliphatic rings. The Hall–Kier alpha value is -0.570. The summed E-state index contributed by atoms with van der Waals surface area (Å²) >= 11 is 0. The summed E-state index contributed by atoms with van der Waals surface area (Å²) in [5.74, 6) is 1.16. The third-order valence-electron chi connectivity index (χ3n) is 3.48. The molecular weight excluding hydrogens is 200 g/mol. The zero-order valence-electron chi connectivity index (χ0n) is 10.6. The molecule has 1 saturated heterocycles. The van der Waals surface area contributed by atoms with Crippen LogP contribution in [0.25, 0.3) is 0 Å². The first-order valence-corrected chi connectivity index (χ1v) is 6.72. The number of nitrogens with two attached hydrogens (primary N) is 1. The summed E-state index contributed by atoms with van der Waals surface area (Å²) in [5, 5.41) is 0. The molecule has 0 radical (unpaired) electrons. The van der Waals surface area contributed by atoms with E-state index >= 15 is 0 Å². The van der Waals surface area contributed by atoms with Crippen molar-refractivity contribution in [3.63, 3.8) is 0 Å². The third-order valence-corrected chi connectivity index (χ3v) is 3.48. The average molecular weight is 226 g/mol. The van der Waals surface area contributed by atoms with Crippen molar-refractivity contribution in [3.8, 4) is 0 Å². The fourth-order valence-corrected chi connectivity index (χ4v) is 2.19. The normalized spacial score (nSPS) is 17.8. The van der Waals surface area contributed by atoms with Gasteiger partial charge in [0.15, 0.2) is 0 Å². The van der Waals surface area contributed by atoms with Crippen LogP contribution >= 0.6 is 0 Å². The Morgan fingerprint density at radius 1 is 1.19 bits per heavy atom. The first-order chi connectivity index (χ1) is 7.74. The topological polar surface area (TPSA) is 46.3 Å². The summed E-state index contributed by atoms with van der Waals surface area (Å²) in [4.78, 5) is 13.9. The van der Waals surface area contributed by atoms with Crippen LogP contribution in [0.2, 0.25) is 0 Å². The van der Waals surface area contributed by atoms with Gasteiger partial charge in [0, 0.05) is 19.5 Å². The number of hydrogen-bond donors (Lipinski definition) is 1. The standard InChI is InChI=1S/C13H26N2O/c1-12-7-10-15(11-8-12)13(16)6-4-2-3-5-9-14/h12H,2-11,14H2,1H3. The second-order valence-corrected chi connectivity index (χ2v) is 5.02. The van der Waals surface area contributed by atoms with Crippen molar-refractivity contribution in [1.29, 1.82) is 0 Å². The van der Waals surface area contributed by atoms with Crippen LogP contribution in [0.1, 0.15) is 51.9 Å². The van der Waals surface area contributed by atoms with Crippen LogP contribution in [-0.4, -0.2) is 30.4 Å². The van der Waals surface area contributed by atoms with E-state index in [1.54, 1.807) is 0 Å². The smallest absolute Gasteiger partial charge is 0.222 e. The van der Waals surface area contributed by atoms with E-state index < -0.39 is 0 Å². The van der Waals surface area contributed by atoms with Gasteiger partial charge in [-0.2, -0.15) is 0 Å². The largest absolute Gasteiger partial charge is 0.343 e. The Morgan fingerprint density at radius 2 is 1.81 bits per heavy atom. The number of rotatable bonds is 6. The second kappa shape index (κ2) is 7.66. The maximum absolute atomic E-state index is 11.8. The number of hydrogen-bond acceptors (Lipinski definition) is 2. The first-order valence-electron chi connectivity index (χ1n) is 6.72. The molecule has 1 heterocycles. The van der Waals surface area contributed by atoms with Gasteiger partial charge in [-0.05, 0) is 38.1 Å². The SMILES string of the molecule is CC1CCN(C(=O)CCCCCCN)CC1. The van der Waals surface area contributed by atoms with Crippen molar-refractivity contribution in [1.82, 2.24) is 4.90 Å². The molecular formula is C13H26N2O. The fraction of sp³-hybridized carbons (Fsp3) is 0.923. The van der Waals surface area contributed by atoms with E-state index in [1.165, 1.54) is 19.3 Å². The zero-order valence-corrected chi connectivity index (χ0v) is 10.6. The molecule has 0 atom stereocenters. The zero-order chi connectivity index (χ0) is 11.8. The number of nitrogens with zero attached hydrogens (tertiary/aromatic N) is 1. The van der Waals surface area contributed by atoms with Crippen molar-refractivity contribution in [3.05, 3.63) is 0 Å². The predicted molar refractivity (Wildman–Crippen MR) is 67.1 cm³/mol. The lowest BCUT2D eigenvalue weighted by Crippen LogP contribution is -2.37. The van der Waals surface area contributed by atoms with Gasteiger partial charge in [-0.3, -0.25) is 4.79 Å². The average Bonchev–Trinajstić information content (AvgIpc) is 2.29. The van der Waals surface area contributed by atoms with Gasteiger partial charge in [-0.1, -0.05) is 19.8 Å². The van der Waals surface area contributed by atoms with Crippen LogP contribution in [0, 0.1) is 5.92 Å². The molecule has 0 bridgehead atoms. The minimum atomic E-state index is 0.361.